The number of halogens is 3. The van der Waals surface area contributed by atoms with Gasteiger partial charge in [-0.2, -0.15) is 0 Å². The predicted molar refractivity (Wildman–Crippen MR) is 53.4 cm³/mol. The SMILES string of the molecule is Cc1c(Cl)ccc(Br)c1CCl. The molecular formula is C8H7BrCl2. The average molecular weight is 254 g/mol. The first kappa shape index (κ1) is 9.37. The molecule has 0 nitrogen and oxygen atoms in total. The van der Waals surface area contributed by atoms with Crippen LogP contribution in [0.4, 0.5) is 0 Å². The van der Waals surface area contributed by atoms with Crippen LogP contribution in [0.5, 0.6) is 0 Å². The van der Waals surface area contributed by atoms with E-state index in [2.05, 4.69) is 15.9 Å². The van der Waals surface area contributed by atoms with Gasteiger partial charge in [-0.15, -0.1) is 11.6 Å². The highest BCUT2D eigenvalue weighted by atomic mass is 79.9. The molecule has 0 fully saturated rings. The van der Waals surface area contributed by atoms with Crippen LogP contribution < -0.4 is 0 Å². The van der Waals surface area contributed by atoms with E-state index < -0.39 is 0 Å². The van der Waals surface area contributed by atoms with E-state index >= 15 is 0 Å². The minimum Gasteiger partial charge on any atom is -0.121 e. The number of rotatable bonds is 1. The second kappa shape index (κ2) is 3.79. The quantitative estimate of drug-likeness (QED) is 0.660. The third-order valence-corrected chi connectivity index (χ3v) is 3.03. The minimum absolute atomic E-state index is 0.493. The number of hydrogen-bond donors (Lipinski definition) is 0. The molecule has 0 radical (unpaired) electrons. The highest BCUT2D eigenvalue weighted by Gasteiger charge is 2.04. The Labute approximate surface area is 84.6 Å². The summed E-state index contributed by atoms with van der Waals surface area (Å²) in [4.78, 5) is 0. The molecule has 1 aromatic carbocycles. The minimum atomic E-state index is 0.493. The molecule has 0 aromatic heterocycles. The van der Waals surface area contributed by atoms with Gasteiger partial charge in [-0.3, -0.25) is 0 Å². The van der Waals surface area contributed by atoms with Gasteiger partial charge in [0.05, 0.1) is 0 Å². The molecule has 60 valence electrons. The third kappa shape index (κ3) is 1.90. The van der Waals surface area contributed by atoms with Crippen LogP contribution in [0.2, 0.25) is 5.02 Å². The molecule has 0 N–H and O–H groups in total. The summed E-state index contributed by atoms with van der Waals surface area (Å²) < 4.78 is 1.02. The van der Waals surface area contributed by atoms with Crippen molar-refractivity contribution in [1.82, 2.24) is 0 Å². The zero-order chi connectivity index (χ0) is 8.43. The molecule has 0 amide bonds. The molecule has 0 aliphatic rings. The Balaban J connectivity index is 3.29. The van der Waals surface area contributed by atoms with Crippen molar-refractivity contribution in [2.45, 2.75) is 12.8 Å². The van der Waals surface area contributed by atoms with Crippen LogP contribution in [-0.2, 0) is 5.88 Å². The van der Waals surface area contributed by atoms with E-state index in [1.165, 1.54) is 0 Å². The maximum Gasteiger partial charge on any atom is 0.0488 e. The fraction of sp³-hybridized carbons (Fsp3) is 0.250. The first-order valence-corrected chi connectivity index (χ1v) is 4.86. The second-order valence-electron chi connectivity index (χ2n) is 2.27. The molecule has 0 saturated carbocycles. The van der Waals surface area contributed by atoms with Gasteiger partial charge in [-0.25, -0.2) is 0 Å². The molecule has 1 aromatic rings. The van der Waals surface area contributed by atoms with Crippen molar-refractivity contribution >= 4 is 39.1 Å². The van der Waals surface area contributed by atoms with Crippen molar-refractivity contribution in [2.24, 2.45) is 0 Å². The van der Waals surface area contributed by atoms with Gasteiger partial charge in [0, 0.05) is 15.4 Å². The Morgan fingerprint density at radius 2 is 2.09 bits per heavy atom. The maximum atomic E-state index is 5.89. The van der Waals surface area contributed by atoms with E-state index in [0.29, 0.717) is 5.88 Å². The first-order valence-electron chi connectivity index (χ1n) is 3.16. The van der Waals surface area contributed by atoms with Crippen molar-refractivity contribution in [3.63, 3.8) is 0 Å². The van der Waals surface area contributed by atoms with E-state index in [9.17, 15) is 0 Å². The Morgan fingerprint density at radius 1 is 1.45 bits per heavy atom. The highest BCUT2D eigenvalue weighted by molar-refractivity contribution is 9.10. The lowest BCUT2D eigenvalue weighted by Gasteiger charge is -2.05. The molecule has 0 aliphatic carbocycles. The number of alkyl halides is 1. The Hall–Kier alpha value is 0.280. The van der Waals surface area contributed by atoms with Crippen LogP contribution in [-0.4, -0.2) is 0 Å². The Morgan fingerprint density at radius 3 is 2.55 bits per heavy atom. The van der Waals surface area contributed by atoms with Crippen molar-refractivity contribution in [2.75, 3.05) is 0 Å². The van der Waals surface area contributed by atoms with Gasteiger partial charge in [0.1, 0.15) is 0 Å². The average Bonchev–Trinajstić information content (AvgIpc) is 1.99. The molecule has 1 rings (SSSR count). The van der Waals surface area contributed by atoms with Crippen LogP contribution in [0.1, 0.15) is 11.1 Å². The highest BCUT2D eigenvalue weighted by Crippen LogP contribution is 2.27. The van der Waals surface area contributed by atoms with Crippen LogP contribution in [0.15, 0.2) is 16.6 Å². The third-order valence-electron chi connectivity index (χ3n) is 1.61. The summed E-state index contributed by atoms with van der Waals surface area (Å²) in [7, 11) is 0. The molecular weight excluding hydrogens is 247 g/mol. The number of benzene rings is 1. The summed E-state index contributed by atoms with van der Waals surface area (Å²) in [5.74, 6) is 0.493. The van der Waals surface area contributed by atoms with Crippen molar-refractivity contribution in [3.8, 4) is 0 Å². The molecule has 3 heteroatoms. The van der Waals surface area contributed by atoms with Crippen LogP contribution in [0.25, 0.3) is 0 Å². The molecule has 0 bridgehead atoms. The standard InChI is InChI=1S/C8H7BrCl2/c1-5-6(4-10)7(9)2-3-8(5)11/h2-3H,4H2,1H3. The van der Waals surface area contributed by atoms with E-state index in [0.717, 1.165) is 20.6 Å². The van der Waals surface area contributed by atoms with Gasteiger partial charge in [-0.1, -0.05) is 27.5 Å². The van der Waals surface area contributed by atoms with Crippen LogP contribution in [0.3, 0.4) is 0 Å². The second-order valence-corrected chi connectivity index (χ2v) is 3.80. The fourth-order valence-electron chi connectivity index (χ4n) is 0.859. The molecule has 0 spiro atoms. The van der Waals surface area contributed by atoms with Crippen LogP contribution >= 0.6 is 39.1 Å². The zero-order valence-corrected chi connectivity index (χ0v) is 9.09. The summed E-state index contributed by atoms with van der Waals surface area (Å²) >= 11 is 15.0. The Bertz CT molecular complexity index is 271. The van der Waals surface area contributed by atoms with Gasteiger partial charge in [0.15, 0.2) is 0 Å². The summed E-state index contributed by atoms with van der Waals surface area (Å²) in [6.07, 6.45) is 0. The summed E-state index contributed by atoms with van der Waals surface area (Å²) in [5.41, 5.74) is 2.12. The van der Waals surface area contributed by atoms with Gasteiger partial charge in [0.25, 0.3) is 0 Å². The molecule has 0 unspecified atom stereocenters. The summed E-state index contributed by atoms with van der Waals surface area (Å²) in [6, 6.07) is 3.77. The molecule has 0 heterocycles. The lowest BCUT2D eigenvalue weighted by molar-refractivity contribution is 1.28. The first-order chi connectivity index (χ1) is 5.16. The lowest BCUT2D eigenvalue weighted by atomic mass is 10.1. The van der Waals surface area contributed by atoms with Gasteiger partial charge < -0.3 is 0 Å². The molecule has 0 saturated heterocycles. The predicted octanol–water partition coefficient (Wildman–Crippen LogP) is 4.15. The van der Waals surface area contributed by atoms with Crippen molar-refractivity contribution in [3.05, 3.63) is 32.8 Å². The van der Waals surface area contributed by atoms with Gasteiger partial charge in [-0.05, 0) is 30.2 Å². The van der Waals surface area contributed by atoms with E-state index in [4.69, 9.17) is 23.2 Å². The van der Waals surface area contributed by atoms with Crippen molar-refractivity contribution in [1.29, 1.82) is 0 Å². The molecule has 0 atom stereocenters. The van der Waals surface area contributed by atoms with E-state index in [1.807, 2.05) is 19.1 Å². The van der Waals surface area contributed by atoms with Crippen molar-refractivity contribution < 1.29 is 0 Å². The zero-order valence-electron chi connectivity index (χ0n) is 6.00. The maximum absolute atomic E-state index is 5.89. The van der Waals surface area contributed by atoms with E-state index in [1.54, 1.807) is 0 Å². The lowest BCUT2D eigenvalue weighted by Crippen LogP contribution is -1.87. The van der Waals surface area contributed by atoms with Crippen LogP contribution in [0, 0.1) is 6.92 Å². The summed E-state index contributed by atoms with van der Waals surface area (Å²) in [5, 5.41) is 0.767. The van der Waals surface area contributed by atoms with Gasteiger partial charge in [0.2, 0.25) is 0 Å². The number of hydrogen-bond acceptors (Lipinski definition) is 0. The topological polar surface area (TPSA) is 0 Å². The summed E-state index contributed by atoms with van der Waals surface area (Å²) in [6.45, 7) is 1.96. The smallest absolute Gasteiger partial charge is 0.0488 e. The Kier molecular flexibility index (Phi) is 3.23. The normalized spacial score (nSPS) is 10.2. The van der Waals surface area contributed by atoms with E-state index in [-0.39, 0.29) is 0 Å². The molecule has 11 heavy (non-hydrogen) atoms. The fourth-order valence-corrected chi connectivity index (χ4v) is 2.11. The van der Waals surface area contributed by atoms with Gasteiger partial charge >= 0.3 is 0 Å². The largest absolute Gasteiger partial charge is 0.121 e. The molecule has 0 aliphatic heterocycles. The monoisotopic (exact) mass is 252 g/mol.